The van der Waals surface area contributed by atoms with Gasteiger partial charge in [0.25, 0.3) is 0 Å². The van der Waals surface area contributed by atoms with Gasteiger partial charge in [0.2, 0.25) is 0 Å². The van der Waals surface area contributed by atoms with Gasteiger partial charge in [-0.15, -0.1) is 11.3 Å². The van der Waals surface area contributed by atoms with Crippen molar-refractivity contribution in [3.63, 3.8) is 0 Å². The lowest BCUT2D eigenvalue weighted by Crippen LogP contribution is -2.54. The number of allylic oxidation sites excluding steroid dienone is 1. The van der Waals surface area contributed by atoms with Gasteiger partial charge in [-0.25, -0.2) is 4.98 Å². The van der Waals surface area contributed by atoms with E-state index in [1.807, 2.05) is 6.20 Å². The molecule has 2 aromatic heterocycles. The highest BCUT2D eigenvalue weighted by Gasteiger charge is 2.42. The Kier molecular flexibility index (Phi) is 4.77. The third kappa shape index (κ3) is 3.23. The first-order valence-corrected chi connectivity index (χ1v) is 12.7. The summed E-state index contributed by atoms with van der Waals surface area (Å²) in [6.45, 7) is 8.69. The Bertz CT molecular complexity index is 1200. The molecule has 0 radical (unpaired) electrons. The first kappa shape index (κ1) is 20.2. The molecule has 1 aliphatic heterocycles. The Morgan fingerprint density at radius 3 is 2.59 bits per heavy atom. The van der Waals surface area contributed by atoms with Crippen LogP contribution in [0.4, 0.5) is 5.69 Å². The smallest absolute Gasteiger partial charge is 0.194 e. The van der Waals surface area contributed by atoms with Crippen molar-refractivity contribution in [1.82, 2.24) is 14.7 Å². The molecule has 1 saturated heterocycles. The molecule has 1 N–H and O–H groups in total. The summed E-state index contributed by atoms with van der Waals surface area (Å²) in [6.07, 6.45) is 9.37. The van der Waals surface area contributed by atoms with Crippen molar-refractivity contribution in [2.45, 2.75) is 58.0 Å². The van der Waals surface area contributed by atoms with Crippen LogP contribution in [0, 0.1) is 5.92 Å². The predicted molar refractivity (Wildman–Crippen MR) is 132 cm³/mol. The van der Waals surface area contributed by atoms with E-state index in [0.717, 1.165) is 48.6 Å². The van der Waals surface area contributed by atoms with Crippen LogP contribution in [-0.2, 0) is 11.2 Å². The number of nitrogens with zero attached hydrogens (tertiary/aromatic N) is 3. The zero-order valence-electron chi connectivity index (χ0n) is 19.0. The summed E-state index contributed by atoms with van der Waals surface area (Å²) in [5, 5.41) is 3.62. The molecule has 166 valence electrons. The van der Waals surface area contributed by atoms with Gasteiger partial charge in [0.1, 0.15) is 0 Å². The third-order valence-corrected chi connectivity index (χ3v) is 8.54. The number of Topliss-reactive ketones (excluding diaryl/α,β-unsaturated/α-hetero) is 1. The zero-order chi connectivity index (χ0) is 22.0. The highest BCUT2D eigenvalue weighted by molar-refractivity contribution is 7.17. The van der Waals surface area contributed by atoms with Gasteiger partial charge in [-0.1, -0.05) is 13.0 Å². The zero-order valence-corrected chi connectivity index (χ0v) is 19.8. The van der Waals surface area contributed by atoms with E-state index in [9.17, 15) is 4.79 Å². The summed E-state index contributed by atoms with van der Waals surface area (Å²) >= 11 is 1.71. The van der Waals surface area contributed by atoms with E-state index in [1.165, 1.54) is 21.7 Å². The number of fused-ring (bicyclic) bond motifs is 4. The standard InChI is InChI=1S/C26H30N4OS/c1-4-19-13-30-14-24(28-26(30)32-19)23-9-17-5-6-18(29-11-15(2)27-16(3)12-29)10-22(17)20-7-8-21(20)25(23)31/h5-6,9-10,13-16,20-21,27H,4,7-8,11-12H2,1-3H3. The molecule has 0 amide bonds. The molecule has 1 aromatic carbocycles. The number of aromatic nitrogens is 2. The van der Waals surface area contributed by atoms with Crippen LogP contribution in [0.15, 0.2) is 30.6 Å². The van der Waals surface area contributed by atoms with Crippen molar-refractivity contribution in [1.29, 1.82) is 0 Å². The molecule has 6 rings (SSSR count). The van der Waals surface area contributed by atoms with Crippen molar-refractivity contribution in [3.05, 3.63) is 52.3 Å². The number of aryl methyl sites for hydroxylation is 1. The quantitative estimate of drug-likeness (QED) is 0.630. The van der Waals surface area contributed by atoms with Crippen molar-refractivity contribution in [2.75, 3.05) is 18.0 Å². The highest BCUT2D eigenvalue weighted by atomic mass is 32.1. The average Bonchev–Trinajstić information content (AvgIpc) is 3.27. The molecule has 3 heterocycles. The number of piperazine rings is 1. The van der Waals surface area contributed by atoms with Gasteiger partial charge in [-0.3, -0.25) is 9.20 Å². The molecule has 2 aliphatic carbocycles. The minimum Gasteiger partial charge on any atom is -0.368 e. The Morgan fingerprint density at radius 2 is 1.91 bits per heavy atom. The number of thiazole rings is 1. The number of ketones is 1. The van der Waals surface area contributed by atoms with Crippen LogP contribution in [0.1, 0.15) is 61.2 Å². The topological polar surface area (TPSA) is 49.6 Å². The van der Waals surface area contributed by atoms with Crippen LogP contribution in [0.2, 0.25) is 0 Å². The Balaban J connectivity index is 1.40. The van der Waals surface area contributed by atoms with Crippen LogP contribution in [0.5, 0.6) is 0 Å². The summed E-state index contributed by atoms with van der Waals surface area (Å²) in [5.74, 6) is 0.689. The van der Waals surface area contributed by atoms with Crippen LogP contribution in [0.3, 0.4) is 0 Å². The van der Waals surface area contributed by atoms with E-state index in [1.54, 1.807) is 11.3 Å². The summed E-state index contributed by atoms with van der Waals surface area (Å²) in [5.41, 5.74) is 5.41. The van der Waals surface area contributed by atoms with Gasteiger partial charge < -0.3 is 10.2 Å². The van der Waals surface area contributed by atoms with Gasteiger partial charge in [0.15, 0.2) is 10.7 Å². The molecule has 0 bridgehead atoms. The largest absolute Gasteiger partial charge is 0.368 e. The van der Waals surface area contributed by atoms with Crippen molar-refractivity contribution < 1.29 is 4.79 Å². The second-order valence-electron chi connectivity index (χ2n) is 9.77. The predicted octanol–water partition coefficient (Wildman–Crippen LogP) is 4.76. The SMILES string of the molecule is CCc1cn2cc(C3=Cc4ccc(N5CC(C)NC(C)C5)cc4C4CCC4C3=O)nc2s1. The summed E-state index contributed by atoms with van der Waals surface area (Å²) in [4.78, 5) is 23.2. The molecule has 4 unspecified atom stereocenters. The number of hydrogen-bond donors (Lipinski definition) is 1. The van der Waals surface area contributed by atoms with Gasteiger partial charge in [-0.2, -0.15) is 0 Å². The summed E-state index contributed by atoms with van der Waals surface area (Å²) in [7, 11) is 0. The molecule has 6 heteroatoms. The number of hydrogen-bond acceptors (Lipinski definition) is 5. The monoisotopic (exact) mass is 446 g/mol. The third-order valence-electron chi connectivity index (χ3n) is 7.40. The summed E-state index contributed by atoms with van der Waals surface area (Å²) < 4.78 is 2.08. The maximum atomic E-state index is 13.5. The van der Waals surface area contributed by atoms with Crippen molar-refractivity contribution >= 4 is 39.4 Å². The van der Waals surface area contributed by atoms with Gasteiger partial charge in [-0.05, 0) is 68.4 Å². The number of carbonyl (C=O) groups is 1. The molecular weight excluding hydrogens is 416 g/mol. The Labute approximate surface area is 193 Å². The first-order valence-electron chi connectivity index (χ1n) is 11.9. The lowest BCUT2D eigenvalue weighted by Gasteiger charge is -2.39. The molecule has 32 heavy (non-hydrogen) atoms. The maximum absolute atomic E-state index is 13.5. The van der Waals surface area contributed by atoms with E-state index in [0.29, 0.717) is 18.0 Å². The van der Waals surface area contributed by atoms with Gasteiger partial charge in [0.05, 0.1) is 5.69 Å². The Morgan fingerprint density at radius 1 is 1.12 bits per heavy atom. The highest BCUT2D eigenvalue weighted by Crippen LogP contribution is 2.49. The van der Waals surface area contributed by atoms with E-state index in [4.69, 9.17) is 4.98 Å². The second kappa shape index (κ2) is 7.56. The van der Waals surface area contributed by atoms with Crippen molar-refractivity contribution in [3.8, 4) is 0 Å². The number of benzene rings is 1. The fourth-order valence-corrected chi connectivity index (χ4v) is 6.60. The molecule has 0 spiro atoms. The van der Waals surface area contributed by atoms with Crippen molar-refractivity contribution in [2.24, 2.45) is 5.92 Å². The number of rotatable bonds is 3. The average molecular weight is 447 g/mol. The second-order valence-corrected chi connectivity index (χ2v) is 10.9. The van der Waals surface area contributed by atoms with E-state index in [2.05, 4.69) is 65.9 Å². The number of imidazole rings is 1. The van der Waals surface area contributed by atoms with Crippen LogP contribution in [0.25, 0.3) is 16.6 Å². The fourth-order valence-electron chi connectivity index (χ4n) is 5.70. The number of nitrogens with one attached hydrogen (secondary N) is 1. The summed E-state index contributed by atoms with van der Waals surface area (Å²) in [6, 6.07) is 7.78. The molecule has 4 atom stereocenters. The number of anilines is 1. The normalized spacial score (nSPS) is 27.5. The number of carbonyl (C=O) groups excluding carboxylic acids is 1. The molecule has 2 fully saturated rings. The maximum Gasteiger partial charge on any atom is 0.194 e. The molecule has 3 aromatic rings. The van der Waals surface area contributed by atoms with E-state index < -0.39 is 0 Å². The van der Waals surface area contributed by atoms with Crippen LogP contribution in [-0.4, -0.2) is 40.3 Å². The fraction of sp³-hybridized carbons (Fsp3) is 0.462. The van der Waals surface area contributed by atoms with E-state index in [-0.39, 0.29) is 11.7 Å². The molecule has 5 nitrogen and oxygen atoms in total. The minimum atomic E-state index is 0.0876. The molecule has 1 saturated carbocycles. The Hall–Kier alpha value is -2.44. The molecule has 3 aliphatic rings. The lowest BCUT2D eigenvalue weighted by atomic mass is 9.67. The lowest BCUT2D eigenvalue weighted by molar-refractivity contribution is -0.120. The van der Waals surface area contributed by atoms with Crippen LogP contribution >= 0.6 is 11.3 Å². The molecular formula is C26H30N4OS. The first-order chi connectivity index (χ1) is 15.5. The van der Waals surface area contributed by atoms with E-state index >= 15 is 0 Å². The minimum absolute atomic E-state index is 0.0876. The van der Waals surface area contributed by atoms with Gasteiger partial charge >= 0.3 is 0 Å². The van der Waals surface area contributed by atoms with Gasteiger partial charge in [0, 0.05) is 59.6 Å². The van der Waals surface area contributed by atoms with Crippen LogP contribution < -0.4 is 10.2 Å².